The molecule has 1 aromatic rings. The number of hydrogen-bond donors (Lipinski definition) is 1. The molecule has 0 spiro atoms. The summed E-state index contributed by atoms with van der Waals surface area (Å²) in [6.07, 6.45) is 2.24. The second-order valence-electron chi connectivity index (χ2n) is 4.28. The first-order chi connectivity index (χ1) is 8.03. The predicted molar refractivity (Wildman–Crippen MR) is 64.5 cm³/mol. The Morgan fingerprint density at radius 1 is 1.59 bits per heavy atom. The Balaban J connectivity index is 2.23. The number of nitrogens with two attached hydrogens (primary N) is 1. The average Bonchev–Trinajstić information content (AvgIpc) is 2.68. The molecular formula is C11H16N2O3S. The van der Waals surface area contributed by atoms with E-state index in [1.54, 1.807) is 25.4 Å². The van der Waals surface area contributed by atoms with Gasteiger partial charge in [-0.15, -0.1) is 0 Å². The molecular weight excluding hydrogens is 240 g/mol. The van der Waals surface area contributed by atoms with Gasteiger partial charge in [0.25, 0.3) is 0 Å². The van der Waals surface area contributed by atoms with E-state index >= 15 is 0 Å². The van der Waals surface area contributed by atoms with E-state index in [9.17, 15) is 8.42 Å². The molecule has 1 saturated heterocycles. The number of methoxy groups -OCH3 is 1. The molecule has 0 aliphatic carbocycles. The highest BCUT2D eigenvalue weighted by molar-refractivity contribution is 7.91. The van der Waals surface area contributed by atoms with Crippen molar-refractivity contribution in [2.24, 2.45) is 11.7 Å². The second-order valence-corrected chi connectivity index (χ2v) is 6.51. The summed E-state index contributed by atoms with van der Waals surface area (Å²) in [7, 11) is -1.36. The van der Waals surface area contributed by atoms with E-state index < -0.39 is 9.84 Å². The minimum absolute atomic E-state index is 0.0659. The molecule has 2 unspecified atom stereocenters. The van der Waals surface area contributed by atoms with Gasteiger partial charge in [0.2, 0.25) is 0 Å². The Bertz CT molecular complexity index is 501. The molecule has 94 valence electrons. The highest BCUT2D eigenvalue weighted by Gasteiger charge is 2.34. The molecule has 2 N–H and O–H groups in total. The maximum Gasteiger partial charge on any atom is 0.150 e. The van der Waals surface area contributed by atoms with Crippen LogP contribution in [0.15, 0.2) is 18.3 Å². The summed E-state index contributed by atoms with van der Waals surface area (Å²) < 4.78 is 28.0. The van der Waals surface area contributed by atoms with Crippen molar-refractivity contribution in [1.29, 1.82) is 0 Å². The Morgan fingerprint density at radius 3 is 2.94 bits per heavy atom. The van der Waals surface area contributed by atoms with Crippen molar-refractivity contribution in [2.45, 2.75) is 12.5 Å². The van der Waals surface area contributed by atoms with Crippen LogP contribution in [0.4, 0.5) is 0 Å². The fourth-order valence-electron chi connectivity index (χ4n) is 2.16. The standard InChI is InChI=1S/C11H16N2O3S/c1-16-9-3-2-5-13-11(9)10(12)8-4-6-17(14,15)7-8/h2-3,5,8,10H,4,6-7,12H2,1H3. The highest BCUT2D eigenvalue weighted by Crippen LogP contribution is 2.32. The topological polar surface area (TPSA) is 82.3 Å². The van der Waals surface area contributed by atoms with Crippen LogP contribution in [0.1, 0.15) is 18.2 Å². The number of hydrogen-bond acceptors (Lipinski definition) is 5. The van der Waals surface area contributed by atoms with Gasteiger partial charge in [-0.05, 0) is 24.5 Å². The highest BCUT2D eigenvalue weighted by atomic mass is 32.2. The van der Waals surface area contributed by atoms with E-state index in [4.69, 9.17) is 10.5 Å². The van der Waals surface area contributed by atoms with Gasteiger partial charge in [0.1, 0.15) is 5.75 Å². The Labute approximate surface area is 101 Å². The quantitative estimate of drug-likeness (QED) is 0.852. The lowest BCUT2D eigenvalue weighted by molar-refractivity contribution is 0.386. The first-order valence-electron chi connectivity index (χ1n) is 5.48. The molecule has 0 aromatic carbocycles. The second kappa shape index (κ2) is 4.62. The normalized spacial score (nSPS) is 24.5. The van der Waals surface area contributed by atoms with Crippen LogP contribution in [0.3, 0.4) is 0 Å². The molecule has 6 heteroatoms. The van der Waals surface area contributed by atoms with Gasteiger partial charge in [0.05, 0.1) is 30.4 Å². The SMILES string of the molecule is COc1cccnc1C(N)C1CCS(=O)(=O)C1. The summed E-state index contributed by atoms with van der Waals surface area (Å²) in [5, 5.41) is 0. The van der Waals surface area contributed by atoms with Crippen LogP contribution in [0.25, 0.3) is 0 Å². The first kappa shape index (κ1) is 12.3. The van der Waals surface area contributed by atoms with Crippen LogP contribution < -0.4 is 10.5 Å². The van der Waals surface area contributed by atoms with Crippen molar-refractivity contribution >= 4 is 9.84 Å². The maximum atomic E-state index is 11.4. The van der Waals surface area contributed by atoms with Crippen molar-refractivity contribution in [3.8, 4) is 5.75 Å². The Morgan fingerprint density at radius 2 is 2.35 bits per heavy atom. The zero-order valence-corrected chi connectivity index (χ0v) is 10.5. The van der Waals surface area contributed by atoms with Crippen LogP contribution in [-0.4, -0.2) is 32.0 Å². The van der Waals surface area contributed by atoms with E-state index in [2.05, 4.69) is 4.98 Å². The number of sulfone groups is 1. The molecule has 0 bridgehead atoms. The minimum atomic E-state index is -2.92. The molecule has 2 atom stereocenters. The third kappa shape index (κ3) is 2.58. The molecule has 1 aromatic heterocycles. The summed E-state index contributed by atoms with van der Waals surface area (Å²) in [5.41, 5.74) is 6.73. The largest absolute Gasteiger partial charge is 0.495 e. The summed E-state index contributed by atoms with van der Waals surface area (Å²) in [6, 6.07) is 3.16. The molecule has 1 aliphatic heterocycles. The predicted octanol–water partition coefficient (Wildman–Crippen LogP) is 0.525. The van der Waals surface area contributed by atoms with E-state index in [1.165, 1.54) is 0 Å². The molecule has 1 fully saturated rings. The van der Waals surface area contributed by atoms with Crippen molar-refractivity contribution in [3.05, 3.63) is 24.0 Å². The van der Waals surface area contributed by atoms with E-state index in [-0.39, 0.29) is 23.5 Å². The van der Waals surface area contributed by atoms with Crippen LogP contribution in [0.5, 0.6) is 5.75 Å². The summed E-state index contributed by atoms with van der Waals surface area (Å²) in [6.45, 7) is 0. The van der Waals surface area contributed by atoms with Crippen LogP contribution in [0, 0.1) is 5.92 Å². The smallest absolute Gasteiger partial charge is 0.150 e. The zero-order valence-electron chi connectivity index (χ0n) is 9.67. The average molecular weight is 256 g/mol. The molecule has 0 amide bonds. The minimum Gasteiger partial charge on any atom is -0.495 e. The molecule has 2 heterocycles. The molecule has 1 aliphatic rings. The fourth-order valence-corrected chi connectivity index (χ4v) is 4.01. The summed E-state index contributed by atoms with van der Waals surface area (Å²) >= 11 is 0. The lowest BCUT2D eigenvalue weighted by Crippen LogP contribution is -2.24. The number of nitrogens with zero attached hydrogens (tertiary/aromatic N) is 1. The summed E-state index contributed by atoms with van der Waals surface area (Å²) in [5.74, 6) is 0.919. The van der Waals surface area contributed by atoms with E-state index in [1.807, 2.05) is 0 Å². The maximum absolute atomic E-state index is 11.4. The molecule has 0 saturated carbocycles. The zero-order chi connectivity index (χ0) is 12.5. The van der Waals surface area contributed by atoms with Gasteiger partial charge in [-0.1, -0.05) is 0 Å². The van der Waals surface area contributed by atoms with Gasteiger partial charge < -0.3 is 10.5 Å². The van der Waals surface area contributed by atoms with Gasteiger partial charge in [0.15, 0.2) is 9.84 Å². The first-order valence-corrected chi connectivity index (χ1v) is 7.30. The van der Waals surface area contributed by atoms with Gasteiger partial charge in [-0.25, -0.2) is 8.42 Å². The van der Waals surface area contributed by atoms with Gasteiger partial charge in [-0.3, -0.25) is 4.98 Å². The van der Waals surface area contributed by atoms with E-state index in [0.717, 1.165) is 0 Å². The van der Waals surface area contributed by atoms with Crippen LogP contribution in [-0.2, 0) is 9.84 Å². The molecule has 0 radical (unpaired) electrons. The van der Waals surface area contributed by atoms with Gasteiger partial charge in [-0.2, -0.15) is 0 Å². The third-order valence-corrected chi connectivity index (χ3v) is 4.90. The monoisotopic (exact) mass is 256 g/mol. The number of ether oxygens (including phenoxy) is 1. The van der Waals surface area contributed by atoms with Gasteiger partial charge in [0, 0.05) is 6.20 Å². The lowest BCUT2D eigenvalue weighted by Gasteiger charge is -2.19. The number of aromatic nitrogens is 1. The van der Waals surface area contributed by atoms with Crippen molar-refractivity contribution in [2.75, 3.05) is 18.6 Å². The number of rotatable bonds is 3. The Kier molecular flexibility index (Phi) is 3.35. The van der Waals surface area contributed by atoms with Crippen LogP contribution in [0.2, 0.25) is 0 Å². The lowest BCUT2D eigenvalue weighted by atomic mass is 9.96. The van der Waals surface area contributed by atoms with Crippen molar-refractivity contribution < 1.29 is 13.2 Å². The fraction of sp³-hybridized carbons (Fsp3) is 0.545. The summed E-state index contributed by atoms with van der Waals surface area (Å²) in [4.78, 5) is 4.20. The number of pyridine rings is 1. The van der Waals surface area contributed by atoms with Gasteiger partial charge >= 0.3 is 0 Å². The van der Waals surface area contributed by atoms with Crippen LogP contribution >= 0.6 is 0 Å². The molecule has 5 nitrogen and oxygen atoms in total. The Hall–Kier alpha value is -1.14. The van der Waals surface area contributed by atoms with E-state index in [0.29, 0.717) is 17.9 Å². The third-order valence-electron chi connectivity index (χ3n) is 3.11. The van der Waals surface area contributed by atoms with Crippen molar-refractivity contribution in [3.63, 3.8) is 0 Å². The van der Waals surface area contributed by atoms with Crippen molar-refractivity contribution in [1.82, 2.24) is 4.98 Å². The molecule has 2 rings (SSSR count). The molecule has 17 heavy (non-hydrogen) atoms.